The first-order chi connectivity index (χ1) is 12.6. The van der Waals surface area contributed by atoms with E-state index in [1.807, 2.05) is 0 Å². The second kappa shape index (κ2) is 5.75. The largest absolute Gasteiger partial charge is 0.490 e. The molecular formula is C18H22N4O4. The Balaban J connectivity index is 1.30. The number of anilines is 1. The maximum Gasteiger partial charge on any atom is 0.410 e. The van der Waals surface area contributed by atoms with Crippen molar-refractivity contribution in [1.29, 1.82) is 0 Å². The van der Waals surface area contributed by atoms with E-state index >= 15 is 0 Å². The van der Waals surface area contributed by atoms with Crippen LogP contribution in [0.4, 0.5) is 10.6 Å². The first kappa shape index (κ1) is 15.7. The average Bonchev–Trinajstić information content (AvgIpc) is 3.06. The molecule has 2 amide bonds. The highest BCUT2D eigenvalue weighted by Crippen LogP contribution is 2.45. The number of likely N-dealkylation sites (tertiary alicyclic amines) is 1. The van der Waals surface area contributed by atoms with Gasteiger partial charge in [0.05, 0.1) is 24.8 Å². The zero-order valence-electron chi connectivity index (χ0n) is 14.6. The van der Waals surface area contributed by atoms with Gasteiger partial charge in [-0.2, -0.15) is 0 Å². The fourth-order valence-corrected chi connectivity index (χ4v) is 4.06. The number of hydrogen-bond donors (Lipinski definition) is 1. The number of hydrogen-bond acceptors (Lipinski definition) is 6. The van der Waals surface area contributed by atoms with Crippen LogP contribution in [0.2, 0.25) is 0 Å². The molecule has 1 saturated carbocycles. The molecule has 8 nitrogen and oxygen atoms in total. The molecule has 1 aliphatic carbocycles. The Morgan fingerprint density at radius 3 is 2.88 bits per heavy atom. The second-order valence-corrected chi connectivity index (χ2v) is 7.58. The van der Waals surface area contributed by atoms with Gasteiger partial charge in [0.2, 0.25) is 0 Å². The lowest BCUT2D eigenvalue weighted by molar-refractivity contribution is 0.0779. The van der Waals surface area contributed by atoms with Crippen molar-refractivity contribution in [1.82, 2.24) is 14.8 Å². The molecule has 1 N–H and O–H groups in total. The Bertz CT molecular complexity index is 764. The number of rotatable bonds is 2. The summed E-state index contributed by atoms with van der Waals surface area (Å²) in [5, 5.41) is 3.48. The van der Waals surface area contributed by atoms with Gasteiger partial charge in [-0.1, -0.05) is 0 Å². The summed E-state index contributed by atoms with van der Waals surface area (Å²) in [6, 6.07) is 1.83. The normalized spacial score (nSPS) is 26.0. The summed E-state index contributed by atoms with van der Waals surface area (Å²) in [5.74, 6) is 1.32. The molecule has 138 valence electrons. The van der Waals surface area contributed by atoms with Gasteiger partial charge in [0.25, 0.3) is 5.91 Å². The first-order valence-corrected chi connectivity index (χ1v) is 9.27. The smallest absolute Gasteiger partial charge is 0.410 e. The predicted octanol–water partition coefficient (Wildman–Crippen LogP) is 1.48. The van der Waals surface area contributed by atoms with Crippen LogP contribution in [0.3, 0.4) is 0 Å². The molecule has 4 heterocycles. The first-order valence-electron chi connectivity index (χ1n) is 9.27. The molecule has 3 fully saturated rings. The molecule has 0 aromatic carbocycles. The maximum absolute atomic E-state index is 12.9. The summed E-state index contributed by atoms with van der Waals surface area (Å²) in [6.07, 6.45) is 5.38. The van der Waals surface area contributed by atoms with Crippen molar-refractivity contribution in [2.45, 2.75) is 37.3 Å². The molecule has 1 atom stereocenters. The van der Waals surface area contributed by atoms with Crippen LogP contribution in [-0.4, -0.2) is 71.2 Å². The van der Waals surface area contributed by atoms with E-state index in [2.05, 4.69) is 10.3 Å². The summed E-state index contributed by atoms with van der Waals surface area (Å²) in [6.45, 7) is 2.85. The third kappa shape index (κ3) is 2.64. The van der Waals surface area contributed by atoms with Crippen LogP contribution in [0.15, 0.2) is 12.3 Å². The lowest BCUT2D eigenvalue weighted by Crippen LogP contribution is -2.39. The third-order valence-electron chi connectivity index (χ3n) is 5.86. The van der Waals surface area contributed by atoms with E-state index in [-0.39, 0.29) is 23.6 Å². The molecule has 3 aliphatic heterocycles. The number of aromatic nitrogens is 1. The van der Waals surface area contributed by atoms with Gasteiger partial charge in [-0.3, -0.25) is 9.69 Å². The van der Waals surface area contributed by atoms with E-state index in [9.17, 15) is 9.59 Å². The van der Waals surface area contributed by atoms with Gasteiger partial charge in [-0.05, 0) is 25.3 Å². The van der Waals surface area contributed by atoms with Crippen LogP contribution in [0.1, 0.15) is 36.0 Å². The molecule has 1 aromatic heterocycles. The Hall–Kier alpha value is -2.51. The molecule has 0 radical (unpaired) electrons. The van der Waals surface area contributed by atoms with Crippen molar-refractivity contribution in [3.05, 3.63) is 17.8 Å². The zero-order valence-corrected chi connectivity index (χ0v) is 14.6. The highest BCUT2D eigenvalue weighted by molar-refractivity contribution is 5.95. The topological polar surface area (TPSA) is 84.0 Å². The number of nitrogens with zero attached hydrogens (tertiary/aromatic N) is 3. The minimum absolute atomic E-state index is 0.0374. The van der Waals surface area contributed by atoms with Gasteiger partial charge in [-0.25, -0.2) is 9.78 Å². The van der Waals surface area contributed by atoms with Gasteiger partial charge < -0.3 is 19.7 Å². The maximum atomic E-state index is 12.9. The highest BCUT2D eigenvalue weighted by Gasteiger charge is 2.44. The number of ether oxygens (including phenoxy) is 2. The summed E-state index contributed by atoms with van der Waals surface area (Å²) < 4.78 is 10.8. The molecular weight excluding hydrogens is 336 g/mol. The molecule has 5 rings (SSSR count). The molecule has 8 heteroatoms. The minimum atomic E-state index is -0.274. The lowest BCUT2D eigenvalue weighted by atomic mass is 10.2. The number of pyridine rings is 1. The van der Waals surface area contributed by atoms with Gasteiger partial charge in [0.1, 0.15) is 6.61 Å². The Morgan fingerprint density at radius 1 is 1.23 bits per heavy atom. The fourth-order valence-electron chi connectivity index (χ4n) is 4.06. The van der Waals surface area contributed by atoms with Crippen LogP contribution < -0.4 is 10.1 Å². The zero-order chi connectivity index (χ0) is 17.7. The molecule has 26 heavy (non-hydrogen) atoms. The van der Waals surface area contributed by atoms with Crippen LogP contribution >= 0.6 is 0 Å². The number of fused-ring (bicyclic) bond motifs is 1. The lowest BCUT2D eigenvalue weighted by Gasteiger charge is -2.22. The Labute approximate surface area is 151 Å². The molecule has 1 aromatic rings. The molecule has 0 unspecified atom stereocenters. The number of carbonyl (C=O) groups is 2. The van der Waals surface area contributed by atoms with Crippen LogP contribution in [0, 0.1) is 0 Å². The van der Waals surface area contributed by atoms with Crippen LogP contribution in [0.5, 0.6) is 5.75 Å². The van der Waals surface area contributed by atoms with Crippen LogP contribution in [-0.2, 0) is 4.74 Å². The third-order valence-corrected chi connectivity index (χ3v) is 5.86. The SMILES string of the molecule is O=C(c1cnc2c(c1)OCCC1(CC1)N2)N1CC[C@H](N2CCOC2=O)C1. The molecule has 2 saturated heterocycles. The summed E-state index contributed by atoms with van der Waals surface area (Å²) in [4.78, 5) is 32.6. The monoisotopic (exact) mass is 358 g/mol. The highest BCUT2D eigenvalue weighted by atomic mass is 16.6. The van der Waals surface area contributed by atoms with Crippen molar-refractivity contribution in [2.75, 3.05) is 38.2 Å². The van der Waals surface area contributed by atoms with Crippen molar-refractivity contribution in [3.63, 3.8) is 0 Å². The predicted molar refractivity (Wildman–Crippen MR) is 92.3 cm³/mol. The number of carbonyl (C=O) groups excluding carboxylic acids is 2. The average molecular weight is 358 g/mol. The summed E-state index contributed by atoms with van der Waals surface area (Å²) in [7, 11) is 0. The van der Waals surface area contributed by atoms with E-state index in [4.69, 9.17) is 9.47 Å². The van der Waals surface area contributed by atoms with E-state index in [0.29, 0.717) is 44.2 Å². The number of cyclic esters (lactones) is 1. The van der Waals surface area contributed by atoms with E-state index in [1.165, 1.54) is 0 Å². The van der Waals surface area contributed by atoms with Gasteiger partial charge in [0.15, 0.2) is 11.6 Å². The fraction of sp³-hybridized carbons (Fsp3) is 0.611. The van der Waals surface area contributed by atoms with Gasteiger partial charge in [-0.15, -0.1) is 0 Å². The molecule has 4 aliphatic rings. The number of amides is 2. The van der Waals surface area contributed by atoms with Crippen molar-refractivity contribution in [3.8, 4) is 5.75 Å². The van der Waals surface area contributed by atoms with E-state index < -0.39 is 0 Å². The summed E-state index contributed by atoms with van der Waals surface area (Å²) in [5.41, 5.74) is 0.679. The molecule has 0 bridgehead atoms. The van der Waals surface area contributed by atoms with Crippen molar-refractivity contribution >= 4 is 17.8 Å². The minimum Gasteiger partial charge on any atom is -0.490 e. The standard InChI is InChI=1S/C18H22N4O4/c23-16(21-5-1-13(11-21)22-6-8-26-17(22)24)12-9-14-15(19-10-12)20-18(2-3-18)4-7-25-14/h9-10,13H,1-8,11H2,(H,19,20)/t13-/m0/s1. The van der Waals surface area contributed by atoms with E-state index in [1.54, 1.807) is 22.1 Å². The second-order valence-electron chi connectivity index (χ2n) is 7.58. The summed E-state index contributed by atoms with van der Waals surface area (Å²) >= 11 is 0. The van der Waals surface area contributed by atoms with Crippen LogP contribution in [0.25, 0.3) is 0 Å². The van der Waals surface area contributed by atoms with Gasteiger partial charge >= 0.3 is 6.09 Å². The Morgan fingerprint density at radius 2 is 2.12 bits per heavy atom. The van der Waals surface area contributed by atoms with Crippen molar-refractivity contribution < 1.29 is 19.1 Å². The van der Waals surface area contributed by atoms with Crippen molar-refractivity contribution in [2.24, 2.45) is 0 Å². The quantitative estimate of drug-likeness (QED) is 0.862. The molecule has 1 spiro atoms. The van der Waals surface area contributed by atoms with Gasteiger partial charge in [0, 0.05) is 31.2 Å². The Kier molecular flexibility index (Phi) is 3.48. The van der Waals surface area contributed by atoms with E-state index in [0.717, 1.165) is 31.5 Å². The number of nitrogens with one attached hydrogen (secondary N) is 1.